The summed E-state index contributed by atoms with van der Waals surface area (Å²) in [6.45, 7) is 9.31. The molecule has 0 aromatic rings. The van der Waals surface area contributed by atoms with Crippen LogP contribution in [0, 0.1) is 11.8 Å². The first-order valence-corrected chi connectivity index (χ1v) is 9.61. The van der Waals surface area contributed by atoms with E-state index in [9.17, 15) is 0 Å². The van der Waals surface area contributed by atoms with Crippen molar-refractivity contribution in [1.82, 2.24) is 0 Å². The van der Waals surface area contributed by atoms with Crippen molar-refractivity contribution in [2.45, 2.75) is 98.3 Å². The Bertz CT molecular complexity index is 321. The highest BCUT2D eigenvalue weighted by Gasteiger charge is 2.24. The number of hydrogen-bond donors (Lipinski definition) is 0. The van der Waals surface area contributed by atoms with Gasteiger partial charge < -0.3 is 0 Å². The molecule has 1 aliphatic carbocycles. The maximum atomic E-state index is 2.56. The van der Waals surface area contributed by atoms with Crippen LogP contribution in [0.5, 0.6) is 0 Å². The van der Waals surface area contributed by atoms with Gasteiger partial charge in [0.2, 0.25) is 0 Å². The van der Waals surface area contributed by atoms with E-state index >= 15 is 0 Å². The van der Waals surface area contributed by atoms with E-state index in [0.717, 1.165) is 11.8 Å². The number of allylic oxidation sites excluding steroid dienone is 4. The lowest BCUT2D eigenvalue weighted by Crippen LogP contribution is -2.17. The Labute approximate surface area is 134 Å². The normalized spacial score (nSPS) is 24.4. The van der Waals surface area contributed by atoms with Crippen LogP contribution in [-0.2, 0) is 0 Å². The lowest BCUT2D eigenvalue weighted by atomic mass is 9.74. The first kappa shape index (κ1) is 18.5. The van der Waals surface area contributed by atoms with Gasteiger partial charge in [-0.15, -0.1) is 0 Å². The van der Waals surface area contributed by atoms with E-state index in [2.05, 4.69) is 39.8 Å². The molecule has 0 amide bonds. The van der Waals surface area contributed by atoms with Crippen LogP contribution in [-0.4, -0.2) is 0 Å². The molecule has 0 fully saturated rings. The molecule has 0 bridgehead atoms. The molecule has 1 aliphatic rings. The molecule has 21 heavy (non-hydrogen) atoms. The Kier molecular flexibility index (Phi) is 9.79. The van der Waals surface area contributed by atoms with E-state index in [1.807, 2.05) is 0 Å². The summed E-state index contributed by atoms with van der Waals surface area (Å²) in [5, 5.41) is 0. The van der Waals surface area contributed by atoms with E-state index in [1.54, 1.807) is 11.1 Å². The molecule has 0 heterocycles. The molecule has 0 aliphatic heterocycles. The predicted octanol–water partition coefficient (Wildman–Crippen LogP) is 7.46. The van der Waals surface area contributed by atoms with E-state index in [0.29, 0.717) is 0 Å². The summed E-state index contributed by atoms with van der Waals surface area (Å²) in [5.41, 5.74) is 3.32. The van der Waals surface area contributed by atoms with Crippen molar-refractivity contribution in [3.8, 4) is 0 Å². The van der Waals surface area contributed by atoms with Crippen molar-refractivity contribution < 1.29 is 0 Å². The van der Waals surface area contributed by atoms with Crippen LogP contribution < -0.4 is 0 Å². The molecule has 0 saturated heterocycles. The van der Waals surface area contributed by atoms with E-state index in [1.165, 1.54) is 70.6 Å². The fourth-order valence-electron chi connectivity index (χ4n) is 3.67. The largest absolute Gasteiger partial charge is 0.0810 e. The molecular weight excluding hydrogens is 252 g/mol. The van der Waals surface area contributed by atoms with Crippen LogP contribution in [0.25, 0.3) is 0 Å². The molecule has 2 atom stereocenters. The van der Waals surface area contributed by atoms with Gasteiger partial charge in [0.25, 0.3) is 0 Å². The smallest absolute Gasteiger partial charge is 0.0160 e. The minimum atomic E-state index is 0.840. The van der Waals surface area contributed by atoms with Crippen molar-refractivity contribution in [1.29, 1.82) is 0 Å². The number of rotatable bonds is 10. The van der Waals surface area contributed by atoms with Gasteiger partial charge in [-0.25, -0.2) is 0 Å². The van der Waals surface area contributed by atoms with E-state index in [-0.39, 0.29) is 0 Å². The lowest BCUT2D eigenvalue weighted by Gasteiger charge is -2.31. The van der Waals surface area contributed by atoms with E-state index in [4.69, 9.17) is 0 Å². The summed E-state index contributed by atoms with van der Waals surface area (Å²) < 4.78 is 0. The minimum absolute atomic E-state index is 0.840. The Morgan fingerprint density at radius 3 is 2.29 bits per heavy atom. The monoisotopic (exact) mass is 290 g/mol. The standard InChI is InChI=1S/C21H38/c1-5-8-10-12-15-21-16-18(4)19(14-11-9-6-2)17-20(21)13-7-3/h15-16,19-20H,5-14,17H2,1-4H3/b21-15-. The molecule has 0 spiro atoms. The molecule has 122 valence electrons. The minimum Gasteiger partial charge on any atom is -0.0810 e. The highest BCUT2D eigenvalue weighted by atomic mass is 14.3. The molecular formula is C21H38. The first-order valence-electron chi connectivity index (χ1n) is 9.61. The SMILES string of the molecule is CCCCC/C=C1/C=C(C)C(CCCCC)CC1CCC. The molecule has 0 heteroatoms. The van der Waals surface area contributed by atoms with Crippen molar-refractivity contribution in [2.75, 3.05) is 0 Å². The first-order chi connectivity index (χ1) is 10.2. The number of unbranched alkanes of at least 4 members (excludes halogenated alkanes) is 5. The van der Waals surface area contributed by atoms with Gasteiger partial charge in [-0.05, 0) is 56.4 Å². The summed E-state index contributed by atoms with van der Waals surface area (Å²) in [6.07, 6.45) is 20.2. The zero-order valence-corrected chi connectivity index (χ0v) is 15.1. The summed E-state index contributed by atoms with van der Waals surface area (Å²) in [7, 11) is 0. The van der Waals surface area contributed by atoms with Crippen LogP contribution in [0.3, 0.4) is 0 Å². The second-order valence-corrected chi connectivity index (χ2v) is 7.00. The van der Waals surface area contributed by atoms with Crippen molar-refractivity contribution in [3.05, 3.63) is 23.3 Å². The van der Waals surface area contributed by atoms with Crippen molar-refractivity contribution in [2.24, 2.45) is 11.8 Å². The average molecular weight is 291 g/mol. The maximum absolute atomic E-state index is 2.56. The van der Waals surface area contributed by atoms with Gasteiger partial charge in [-0.3, -0.25) is 0 Å². The molecule has 1 rings (SSSR count). The quantitative estimate of drug-likeness (QED) is 0.366. The zero-order valence-electron chi connectivity index (χ0n) is 15.1. The van der Waals surface area contributed by atoms with Gasteiger partial charge in [0.1, 0.15) is 0 Å². The van der Waals surface area contributed by atoms with Crippen LogP contribution in [0.4, 0.5) is 0 Å². The Morgan fingerprint density at radius 1 is 0.905 bits per heavy atom. The van der Waals surface area contributed by atoms with Crippen molar-refractivity contribution in [3.63, 3.8) is 0 Å². The van der Waals surface area contributed by atoms with E-state index < -0.39 is 0 Å². The second-order valence-electron chi connectivity index (χ2n) is 7.00. The summed E-state index contributed by atoms with van der Waals surface area (Å²) in [6, 6.07) is 0. The molecule has 2 unspecified atom stereocenters. The summed E-state index contributed by atoms with van der Waals surface area (Å²) in [5.74, 6) is 1.70. The van der Waals surface area contributed by atoms with Gasteiger partial charge >= 0.3 is 0 Å². The topological polar surface area (TPSA) is 0 Å². The molecule has 0 aromatic carbocycles. The highest BCUT2D eigenvalue weighted by Crippen LogP contribution is 2.38. The van der Waals surface area contributed by atoms with Gasteiger partial charge in [0, 0.05) is 0 Å². The Hall–Kier alpha value is -0.520. The third-order valence-corrected chi connectivity index (χ3v) is 5.06. The Balaban J connectivity index is 2.64. The number of hydrogen-bond acceptors (Lipinski definition) is 0. The lowest BCUT2D eigenvalue weighted by molar-refractivity contribution is 0.383. The van der Waals surface area contributed by atoms with Crippen LogP contribution in [0.1, 0.15) is 98.3 Å². The fraction of sp³-hybridized carbons (Fsp3) is 0.810. The highest BCUT2D eigenvalue weighted by molar-refractivity contribution is 5.30. The maximum Gasteiger partial charge on any atom is -0.0160 e. The molecule has 0 saturated carbocycles. The summed E-state index contributed by atoms with van der Waals surface area (Å²) in [4.78, 5) is 0. The van der Waals surface area contributed by atoms with Gasteiger partial charge in [-0.1, -0.05) is 77.0 Å². The predicted molar refractivity (Wildman–Crippen MR) is 96.6 cm³/mol. The molecule has 0 aromatic heterocycles. The molecule has 0 nitrogen and oxygen atoms in total. The second kappa shape index (κ2) is 11.1. The van der Waals surface area contributed by atoms with Gasteiger partial charge in [-0.2, -0.15) is 0 Å². The molecule has 0 radical (unpaired) electrons. The van der Waals surface area contributed by atoms with Gasteiger partial charge in [0.15, 0.2) is 0 Å². The zero-order chi connectivity index (χ0) is 15.5. The Morgan fingerprint density at radius 2 is 1.62 bits per heavy atom. The fourth-order valence-corrected chi connectivity index (χ4v) is 3.67. The van der Waals surface area contributed by atoms with Crippen LogP contribution >= 0.6 is 0 Å². The van der Waals surface area contributed by atoms with Crippen LogP contribution in [0.15, 0.2) is 23.3 Å². The van der Waals surface area contributed by atoms with Crippen LogP contribution in [0.2, 0.25) is 0 Å². The van der Waals surface area contributed by atoms with Gasteiger partial charge in [0.05, 0.1) is 0 Å². The summed E-state index contributed by atoms with van der Waals surface area (Å²) >= 11 is 0. The average Bonchev–Trinajstić information content (AvgIpc) is 2.48. The van der Waals surface area contributed by atoms with Crippen molar-refractivity contribution >= 4 is 0 Å². The third kappa shape index (κ3) is 6.85. The third-order valence-electron chi connectivity index (χ3n) is 5.06. The molecule has 0 N–H and O–H groups in total.